The van der Waals surface area contributed by atoms with Crippen LogP contribution in [0.1, 0.15) is 87.2 Å². The molecule has 0 spiro atoms. The highest BCUT2D eigenvalue weighted by Crippen LogP contribution is 2.57. The maximum Gasteiger partial charge on any atom is 0.252 e. The van der Waals surface area contributed by atoms with E-state index in [1.54, 1.807) is 0 Å². The molecule has 0 radical (unpaired) electrons. The molecule has 5 heterocycles. The quantitative estimate of drug-likeness (QED) is 0.135. The summed E-state index contributed by atoms with van der Waals surface area (Å²) in [4.78, 5) is 6.78. The molecular formula is C102H82BN5O. The number of para-hydroxylation sites is 7. The first-order chi connectivity index (χ1) is 55.5. The first kappa shape index (κ1) is 59.3. The number of rotatable bonds is 9. The molecule has 17 aromatic rings. The van der Waals surface area contributed by atoms with Crippen molar-refractivity contribution in [2.24, 2.45) is 0 Å². The second-order valence-electron chi connectivity index (χ2n) is 32.4. The molecule has 0 saturated carbocycles. The highest BCUT2D eigenvalue weighted by Gasteiger charge is 2.47. The van der Waals surface area contributed by atoms with Gasteiger partial charge in [-0.25, -0.2) is 0 Å². The van der Waals surface area contributed by atoms with Crippen molar-refractivity contribution in [2.45, 2.75) is 78.6 Å². The molecule has 0 atom stereocenters. The van der Waals surface area contributed by atoms with Gasteiger partial charge >= 0.3 is 0 Å². The van der Waals surface area contributed by atoms with E-state index in [9.17, 15) is 8.22 Å². The standard InChI is InChI=1S/C102H82BN5O/c1-100(2,3)69-56-78(65-32-14-10-15-33-65)98(79(57-69)66-34-16-11-17-35-66)107-91-63-73(104-85-43-25-22-40-75(85)76-41-23-26-44-86(76)104)50-53-83(91)103-84-54-51-74(105-87-45-27-24-42-77(87)82-62-72(52-55-88(82)105)106-89-46-28-30-48-95(89)109-96-49-31-29-47-90(96)106)64-92(84)108(94-61-71(102(7,8)9)60-93(107)97(94)103)99-80(67-36-18-12-19-37-67)58-70(101(4,5)6)59-81(99)68-38-20-13-21-39-68/h10-64H,1-9H3/i50D,51D,53D,54D,63D,64D. The normalized spacial score (nSPS) is 14.0. The zero-order valence-corrected chi connectivity index (χ0v) is 62.5. The minimum absolute atomic E-state index is 0.00214. The van der Waals surface area contributed by atoms with E-state index in [0.717, 1.165) is 145 Å². The van der Waals surface area contributed by atoms with Gasteiger partial charge in [-0.3, -0.25) is 0 Å². The van der Waals surface area contributed by atoms with E-state index in [4.69, 9.17) is 4.74 Å². The predicted molar refractivity (Wildman–Crippen MR) is 462 cm³/mol. The Kier molecular flexibility index (Phi) is 13.5. The fourth-order valence-corrected chi connectivity index (χ4v) is 17.1. The number of fused-ring (bicyclic) bond motifs is 12. The van der Waals surface area contributed by atoms with Crippen LogP contribution in [0.2, 0.25) is 0 Å². The van der Waals surface area contributed by atoms with Gasteiger partial charge in [-0.15, -0.1) is 0 Å². The molecular weight excluding hydrogens is 1320 g/mol. The molecule has 6 nitrogen and oxygen atoms in total. The molecule has 2 aromatic heterocycles. The third-order valence-corrected chi connectivity index (χ3v) is 22.5. The van der Waals surface area contributed by atoms with Crippen LogP contribution in [0.25, 0.3) is 99.5 Å². The lowest BCUT2D eigenvalue weighted by Crippen LogP contribution is -2.61. The molecule has 3 aliphatic heterocycles. The fraction of sp³-hybridized carbons (Fsp3) is 0.118. The van der Waals surface area contributed by atoms with Crippen molar-refractivity contribution in [2.75, 3.05) is 14.7 Å². The van der Waals surface area contributed by atoms with Crippen molar-refractivity contribution in [3.05, 3.63) is 350 Å². The van der Waals surface area contributed by atoms with E-state index in [2.05, 4.69) is 265 Å². The zero-order valence-electron chi connectivity index (χ0n) is 68.5. The molecule has 0 unspecified atom stereocenters. The fourth-order valence-electron chi connectivity index (χ4n) is 17.1. The minimum Gasteiger partial charge on any atom is -0.453 e. The van der Waals surface area contributed by atoms with Crippen LogP contribution in [0.3, 0.4) is 0 Å². The van der Waals surface area contributed by atoms with Crippen LogP contribution in [-0.4, -0.2) is 15.8 Å². The monoisotopic (exact) mass is 1410 g/mol. The molecule has 0 N–H and O–H groups in total. The van der Waals surface area contributed by atoms with Gasteiger partial charge in [0, 0.05) is 83.6 Å². The van der Waals surface area contributed by atoms with Crippen LogP contribution < -0.4 is 35.8 Å². The van der Waals surface area contributed by atoms with E-state index in [-0.39, 0.29) is 58.5 Å². The molecule has 0 fully saturated rings. The summed E-state index contributed by atoms with van der Waals surface area (Å²) in [6, 6.07) is 102. The third-order valence-electron chi connectivity index (χ3n) is 22.5. The largest absolute Gasteiger partial charge is 0.453 e. The van der Waals surface area contributed by atoms with Gasteiger partial charge in [0.05, 0.1) is 53.0 Å². The Balaban J connectivity index is 0.987. The first-order valence-corrected chi connectivity index (χ1v) is 37.9. The average molecular weight is 1410 g/mol. The zero-order chi connectivity index (χ0) is 79.0. The molecule has 0 bridgehead atoms. The Morgan fingerprint density at radius 2 is 0.615 bits per heavy atom. The number of benzene rings is 15. The van der Waals surface area contributed by atoms with Crippen LogP contribution >= 0.6 is 0 Å². The smallest absolute Gasteiger partial charge is 0.252 e. The second-order valence-corrected chi connectivity index (χ2v) is 32.4. The van der Waals surface area contributed by atoms with Gasteiger partial charge in [-0.1, -0.05) is 275 Å². The summed E-state index contributed by atoms with van der Waals surface area (Å²) in [7, 11) is 0. The molecule has 3 aliphatic rings. The molecule has 15 aromatic carbocycles. The van der Waals surface area contributed by atoms with Crippen LogP contribution in [0.4, 0.5) is 51.2 Å². The lowest BCUT2D eigenvalue weighted by atomic mass is 9.33. The highest BCUT2D eigenvalue weighted by molar-refractivity contribution is 7.00. The van der Waals surface area contributed by atoms with Crippen LogP contribution in [0, 0.1) is 0 Å². The van der Waals surface area contributed by atoms with Gasteiger partial charge in [0.1, 0.15) is 0 Å². The Hall–Kier alpha value is -12.8. The lowest BCUT2D eigenvalue weighted by Gasteiger charge is -2.47. The first-order valence-electron chi connectivity index (χ1n) is 40.9. The van der Waals surface area contributed by atoms with Gasteiger partial charge in [-0.2, -0.15) is 0 Å². The van der Waals surface area contributed by atoms with E-state index in [1.165, 1.54) is 0 Å². The Morgan fingerprint density at radius 1 is 0.284 bits per heavy atom. The lowest BCUT2D eigenvalue weighted by molar-refractivity contribution is 0.477. The second kappa shape index (κ2) is 24.9. The van der Waals surface area contributed by atoms with Crippen molar-refractivity contribution in [3.8, 4) is 67.4 Å². The van der Waals surface area contributed by atoms with Crippen LogP contribution in [-0.2, 0) is 16.2 Å². The maximum absolute atomic E-state index is 12.0. The number of anilines is 9. The number of hydrogen-bond acceptors (Lipinski definition) is 4. The maximum atomic E-state index is 12.0. The molecule has 0 aliphatic carbocycles. The van der Waals surface area contributed by atoms with Gasteiger partial charge in [0.25, 0.3) is 6.71 Å². The van der Waals surface area contributed by atoms with Crippen molar-refractivity contribution in [1.82, 2.24) is 9.13 Å². The SMILES string of the molecule is [2H]c1c([2H])c(-n2c3ccccc3c3ccccc32)c([2H])c2c1B1c3c(cc(C(C)(C)C)cc3N(c3c(-c4ccccc4)cc(C(C)(C)C)cc3-c3ccccc3)c3c([2H])c(-n4c5ccccc5c5cc(N6c7ccccc7Oc7ccccc76)ccc54)c([2H])c([2H])c31)N2c1c(-c2ccccc2)cc(C(C)(C)C)cc1-c1ccccc1. The van der Waals surface area contributed by atoms with E-state index in [1.807, 2.05) is 118 Å². The van der Waals surface area contributed by atoms with Crippen molar-refractivity contribution >= 4 is 118 Å². The van der Waals surface area contributed by atoms with E-state index >= 15 is 0 Å². The van der Waals surface area contributed by atoms with Gasteiger partial charge in [0.15, 0.2) is 11.5 Å². The van der Waals surface area contributed by atoms with E-state index in [0.29, 0.717) is 39.1 Å². The molecule has 524 valence electrons. The molecule has 20 rings (SSSR count). The molecule has 7 heteroatoms. The van der Waals surface area contributed by atoms with Crippen molar-refractivity contribution in [1.29, 1.82) is 0 Å². The summed E-state index contributed by atoms with van der Waals surface area (Å²) in [6.45, 7) is 19.1. The predicted octanol–water partition coefficient (Wildman–Crippen LogP) is 26.1. The van der Waals surface area contributed by atoms with Crippen LogP contribution in [0.15, 0.2) is 334 Å². The molecule has 0 amide bonds. The van der Waals surface area contributed by atoms with Gasteiger partial charge in [-0.05, 0) is 193 Å². The number of ether oxygens (including phenoxy) is 1. The summed E-state index contributed by atoms with van der Waals surface area (Å²) in [5.74, 6) is 1.45. The Bertz CT molecular complexity index is 6700. The number of hydrogen-bond donors (Lipinski definition) is 0. The summed E-state index contributed by atoms with van der Waals surface area (Å²) in [6.07, 6.45) is 0. The van der Waals surface area contributed by atoms with Gasteiger partial charge < -0.3 is 28.6 Å². The van der Waals surface area contributed by atoms with Crippen molar-refractivity contribution in [3.63, 3.8) is 0 Å². The third kappa shape index (κ3) is 10.6. The topological polar surface area (TPSA) is 28.8 Å². The number of nitrogens with zero attached hydrogens (tertiary/aromatic N) is 5. The van der Waals surface area contributed by atoms with E-state index < -0.39 is 12.1 Å². The summed E-state index contributed by atoms with van der Waals surface area (Å²) >= 11 is 0. The summed E-state index contributed by atoms with van der Waals surface area (Å²) in [5, 5.41) is 3.65. The van der Waals surface area contributed by atoms with Crippen molar-refractivity contribution < 1.29 is 13.0 Å². The summed E-state index contributed by atoms with van der Waals surface area (Å²) < 4.78 is 79.6. The van der Waals surface area contributed by atoms with Gasteiger partial charge in [0.2, 0.25) is 0 Å². The Labute approximate surface area is 647 Å². The van der Waals surface area contributed by atoms with Crippen LogP contribution in [0.5, 0.6) is 11.5 Å². The minimum atomic E-state index is -1.15. The summed E-state index contributed by atoms with van der Waals surface area (Å²) in [5.41, 5.74) is 20.1. The molecule has 109 heavy (non-hydrogen) atoms. The Morgan fingerprint density at radius 3 is 1.00 bits per heavy atom. The highest BCUT2D eigenvalue weighted by atomic mass is 16.5. The molecule has 0 saturated heterocycles. The number of aromatic nitrogens is 2. The average Bonchev–Trinajstić information content (AvgIpc) is 1.18.